The molecule has 2 amide bonds. The minimum Gasteiger partial charge on any atom is -0.368 e. The Labute approximate surface area is 162 Å². The van der Waals surface area contributed by atoms with E-state index in [1.54, 1.807) is 36.4 Å². The smallest absolute Gasteiger partial charge is 0.323 e. The highest BCUT2D eigenvalue weighted by Crippen LogP contribution is 2.15. The fourth-order valence-electron chi connectivity index (χ4n) is 2.45. The van der Waals surface area contributed by atoms with Crippen LogP contribution >= 0.6 is 0 Å². The van der Waals surface area contributed by atoms with Crippen LogP contribution in [-0.2, 0) is 0 Å². The normalized spacial score (nSPS) is 27.8. The van der Waals surface area contributed by atoms with Crippen molar-refractivity contribution in [2.75, 3.05) is 36.6 Å². The number of nitrogens with one attached hydrogen (secondary N) is 4. The quantitative estimate of drug-likeness (QED) is 0.676. The molecule has 132 valence electrons. The van der Waals surface area contributed by atoms with Gasteiger partial charge in [-0.05, 0) is 24.3 Å². The van der Waals surface area contributed by atoms with Crippen molar-refractivity contribution in [1.29, 1.82) is 0 Å². The second kappa shape index (κ2) is 7.26. The maximum absolute atomic E-state index is 12.5. The van der Waals surface area contributed by atoms with Crippen molar-refractivity contribution >= 4 is 29.1 Å². The van der Waals surface area contributed by atoms with Crippen molar-refractivity contribution in [3.05, 3.63) is 59.7 Å². The van der Waals surface area contributed by atoms with Crippen LogP contribution in [0.4, 0.5) is 16.2 Å². The molecular formula is C19H20N6O. The molecule has 0 fully saturated rings. The van der Waals surface area contributed by atoms with Gasteiger partial charge in [0, 0.05) is 35.5 Å². The number of nitrogens with zero attached hydrogens (tertiary/aromatic N) is 2. The van der Waals surface area contributed by atoms with E-state index in [0.29, 0.717) is 22.5 Å². The second-order valence-corrected chi connectivity index (χ2v) is 5.39. The highest BCUT2D eigenvalue weighted by Gasteiger charge is 2.11. The SMILES string of the molecule is [2H]C1([2H])N=C(c2cccc(NC(=O)Nc3cccc(C4=NC([2H])([2H])C([2H])([2H])N4)c3)c2)NC1([2H])[2H]. The van der Waals surface area contributed by atoms with Gasteiger partial charge in [0.2, 0.25) is 0 Å². The third-order valence-corrected chi connectivity index (χ3v) is 3.60. The first-order valence-electron chi connectivity index (χ1n) is 11.7. The number of rotatable bonds is 4. The Morgan fingerprint density at radius 2 is 1.38 bits per heavy atom. The van der Waals surface area contributed by atoms with E-state index in [1.165, 1.54) is 12.1 Å². The highest BCUT2D eigenvalue weighted by molar-refractivity contribution is 6.04. The second-order valence-electron chi connectivity index (χ2n) is 5.39. The van der Waals surface area contributed by atoms with Gasteiger partial charge in [0.15, 0.2) is 0 Å². The molecule has 7 heteroatoms. The van der Waals surface area contributed by atoms with Crippen molar-refractivity contribution in [1.82, 2.24) is 10.6 Å². The zero-order chi connectivity index (χ0) is 24.9. The lowest BCUT2D eigenvalue weighted by Crippen LogP contribution is -2.22. The molecule has 2 aliphatic heterocycles. The van der Waals surface area contributed by atoms with Gasteiger partial charge in [-0.3, -0.25) is 9.98 Å². The van der Waals surface area contributed by atoms with Crippen molar-refractivity contribution in [2.24, 2.45) is 9.98 Å². The van der Waals surface area contributed by atoms with Gasteiger partial charge >= 0.3 is 6.03 Å². The van der Waals surface area contributed by atoms with Crippen LogP contribution in [0.15, 0.2) is 58.5 Å². The summed E-state index contributed by atoms with van der Waals surface area (Å²) in [5.74, 6) is 0.0487. The van der Waals surface area contributed by atoms with Gasteiger partial charge in [0.05, 0.1) is 24.0 Å². The molecular weight excluding hydrogens is 328 g/mol. The van der Waals surface area contributed by atoms with Crippen LogP contribution in [0.2, 0.25) is 0 Å². The van der Waals surface area contributed by atoms with Crippen LogP contribution in [-0.4, -0.2) is 43.7 Å². The maximum Gasteiger partial charge on any atom is 0.323 e. The molecule has 2 aromatic rings. The summed E-state index contributed by atoms with van der Waals surface area (Å²) >= 11 is 0. The standard InChI is InChI=1S/C19H20N6O/c26-19(24-15-5-1-3-13(11-15)17-20-7-8-21-17)25-16-6-2-4-14(12-16)18-22-9-10-23-18/h1-6,11-12H,7-10H2,(H,20,21)(H,22,23)(H2,24,25,26)/i7D2,8D2,9D2,10D2. The maximum atomic E-state index is 12.5. The van der Waals surface area contributed by atoms with E-state index in [4.69, 9.17) is 11.0 Å². The summed E-state index contributed by atoms with van der Waals surface area (Å²) in [5.41, 5.74) is 1.48. The minimum absolute atomic E-state index is 0.0244. The molecule has 0 saturated heterocycles. The van der Waals surface area contributed by atoms with Crippen LogP contribution in [0.3, 0.4) is 0 Å². The lowest BCUT2D eigenvalue weighted by Gasteiger charge is -2.10. The topological polar surface area (TPSA) is 89.9 Å². The van der Waals surface area contributed by atoms with Gasteiger partial charge in [-0.1, -0.05) is 24.3 Å². The zero-order valence-corrected chi connectivity index (χ0v) is 13.4. The molecule has 2 aliphatic rings. The van der Waals surface area contributed by atoms with E-state index in [9.17, 15) is 4.79 Å². The summed E-state index contributed by atoms with van der Waals surface area (Å²) in [5, 5.41) is 10.1. The van der Waals surface area contributed by atoms with Crippen LogP contribution < -0.4 is 21.3 Å². The largest absolute Gasteiger partial charge is 0.368 e. The number of amidine groups is 2. The van der Waals surface area contributed by atoms with E-state index in [2.05, 4.69) is 31.3 Å². The predicted molar refractivity (Wildman–Crippen MR) is 104 cm³/mol. The number of carbonyl (C=O) groups is 1. The lowest BCUT2D eigenvalue weighted by atomic mass is 10.2. The Hall–Kier alpha value is -3.35. The summed E-state index contributed by atoms with van der Waals surface area (Å²) in [4.78, 5) is 20.0. The van der Waals surface area contributed by atoms with E-state index in [0.717, 1.165) is 0 Å². The fourth-order valence-corrected chi connectivity index (χ4v) is 2.45. The van der Waals surface area contributed by atoms with Gasteiger partial charge in [0.25, 0.3) is 0 Å². The molecule has 2 aromatic carbocycles. The Morgan fingerprint density at radius 3 is 1.81 bits per heavy atom. The molecule has 2 heterocycles. The van der Waals surface area contributed by atoms with Crippen molar-refractivity contribution < 1.29 is 15.8 Å². The van der Waals surface area contributed by atoms with E-state index < -0.39 is 32.0 Å². The Morgan fingerprint density at radius 1 is 0.885 bits per heavy atom. The number of hydrogen-bond donors (Lipinski definition) is 4. The summed E-state index contributed by atoms with van der Waals surface area (Å²) in [6, 6.07) is 12.0. The molecule has 0 bridgehead atoms. The zero-order valence-electron chi connectivity index (χ0n) is 21.4. The molecule has 0 aliphatic carbocycles. The van der Waals surface area contributed by atoms with Crippen LogP contribution in [0.1, 0.15) is 22.1 Å². The molecule has 0 aromatic heterocycles. The summed E-state index contributed by atoms with van der Waals surface area (Å²) < 4.78 is 61.6. The van der Waals surface area contributed by atoms with E-state index in [1.807, 2.05) is 0 Å². The van der Waals surface area contributed by atoms with E-state index in [-0.39, 0.29) is 11.7 Å². The van der Waals surface area contributed by atoms with Crippen LogP contribution in [0, 0.1) is 0 Å². The fraction of sp³-hybridized carbons (Fsp3) is 0.211. The number of carbonyl (C=O) groups excluding carboxylic acids is 1. The lowest BCUT2D eigenvalue weighted by molar-refractivity contribution is 0.262. The molecule has 0 radical (unpaired) electrons. The molecule has 0 saturated carbocycles. The summed E-state index contributed by atoms with van der Waals surface area (Å²) in [7, 11) is 0. The number of anilines is 2. The Bertz CT molecular complexity index is 1120. The highest BCUT2D eigenvalue weighted by atomic mass is 16.2. The third kappa shape index (κ3) is 3.66. The summed E-state index contributed by atoms with van der Waals surface area (Å²) in [6.07, 6.45) is 0. The molecule has 7 nitrogen and oxygen atoms in total. The van der Waals surface area contributed by atoms with Crippen molar-refractivity contribution in [2.45, 2.75) is 0 Å². The number of urea groups is 1. The number of benzene rings is 2. The van der Waals surface area contributed by atoms with Crippen LogP contribution in [0.25, 0.3) is 0 Å². The van der Waals surface area contributed by atoms with E-state index >= 15 is 0 Å². The molecule has 26 heavy (non-hydrogen) atoms. The summed E-state index contributed by atoms with van der Waals surface area (Å²) in [6.45, 7) is -9.62. The molecule has 0 unspecified atom stereocenters. The first kappa shape index (κ1) is 9.38. The Kier molecular flexibility index (Phi) is 2.62. The molecule has 0 atom stereocenters. The predicted octanol–water partition coefficient (Wildman–Crippen LogP) is 2.03. The van der Waals surface area contributed by atoms with Crippen molar-refractivity contribution in [3.8, 4) is 0 Å². The van der Waals surface area contributed by atoms with Gasteiger partial charge in [0.1, 0.15) is 11.7 Å². The molecule has 0 spiro atoms. The number of aliphatic imine (C=N–C) groups is 2. The number of amides is 2. The first-order valence-corrected chi connectivity index (χ1v) is 7.74. The van der Waals surface area contributed by atoms with Gasteiger partial charge in [-0.2, -0.15) is 0 Å². The molecule has 4 rings (SSSR count). The average Bonchev–Trinajstić information content (AvgIpc) is 3.08. The van der Waals surface area contributed by atoms with Crippen molar-refractivity contribution in [3.63, 3.8) is 0 Å². The van der Waals surface area contributed by atoms with Gasteiger partial charge in [-0.25, -0.2) is 4.79 Å². The Balaban J connectivity index is 1.46. The van der Waals surface area contributed by atoms with Gasteiger partial charge in [-0.15, -0.1) is 0 Å². The van der Waals surface area contributed by atoms with Crippen LogP contribution in [0.5, 0.6) is 0 Å². The minimum atomic E-state index is -2.44. The third-order valence-electron chi connectivity index (χ3n) is 3.60. The average molecular weight is 356 g/mol. The first-order chi connectivity index (χ1) is 15.7. The molecule has 4 N–H and O–H groups in total. The number of hydrogen-bond acceptors (Lipinski definition) is 5. The van der Waals surface area contributed by atoms with Gasteiger partial charge < -0.3 is 21.3 Å². The monoisotopic (exact) mass is 356 g/mol.